The molecule has 1 unspecified atom stereocenters. The fraction of sp³-hybridized carbons (Fsp3) is 0.176. The summed E-state index contributed by atoms with van der Waals surface area (Å²) in [5, 5.41) is 7.12. The van der Waals surface area contributed by atoms with Crippen LogP contribution in [0.1, 0.15) is 16.5 Å². The molecule has 3 aromatic rings. The topological polar surface area (TPSA) is 12.0 Å². The molecule has 1 aromatic heterocycles. The molecule has 1 nitrogen and oxygen atoms in total. The molecule has 1 atom stereocenters. The third kappa shape index (κ3) is 2.47. The molecule has 0 saturated heterocycles. The molecule has 102 valence electrons. The zero-order valence-electron chi connectivity index (χ0n) is 11.3. The predicted octanol–water partition coefficient (Wildman–Crippen LogP) is 4.54. The number of fused-ring (bicyclic) bond motifs is 1. The molecular formula is C17H16FNS. The van der Waals surface area contributed by atoms with Gasteiger partial charge in [0.1, 0.15) is 5.82 Å². The van der Waals surface area contributed by atoms with E-state index in [-0.39, 0.29) is 11.9 Å². The maximum atomic E-state index is 13.9. The van der Waals surface area contributed by atoms with Crippen molar-refractivity contribution in [3.05, 3.63) is 70.2 Å². The lowest BCUT2D eigenvalue weighted by Gasteiger charge is -2.18. The number of hydrogen-bond acceptors (Lipinski definition) is 2. The first-order valence-corrected chi connectivity index (χ1v) is 7.54. The number of halogens is 1. The predicted molar refractivity (Wildman–Crippen MR) is 83.7 cm³/mol. The van der Waals surface area contributed by atoms with Gasteiger partial charge in [-0.2, -0.15) is 0 Å². The molecule has 0 spiro atoms. The van der Waals surface area contributed by atoms with Crippen LogP contribution in [0.5, 0.6) is 0 Å². The molecule has 20 heavy (non-hydrogen) atoms. The minimum Gasteiger partial charge on any atom is -0.313 e. The van der Waals surface area contributed by atoms with Crippen molar-refractivity contribution in [2.75, 3.05) is 7.05 Å². The molecule has 0 bridgehead atoms. The van der Waals surface area contributed by atoms with E-state index in [1.54, 1.807) is 17.4 Å². The Kier molecular flexibility index (Phi) is 3.81. The second-order valence-corrected chi connectivity index (χ2v) is 5.84. The second-order valence-electron chi connectivity index (χ2n) is 4.81. The Morgan fingerprint density at radius 3 is 2.55 bits per heavy atom. The maximum absolute atomic E-state index is 13.9. The molecule has 0 aliphatic heterocycles. The van der Waals surface area contributed by atoms with Crippen LogP contribution in [0.25, 0.3) is 10.8 Å². The van der Waals surface area contributed by atoms with Crippen LogP contribution < -0.4 is 5.32 Å². The van der Waals surface area contributed by atoms with Crippen LogP contribution in [0.15, 0.2) is 53.9 Å². The minimum absolute atomic E-state index is 0.157. The van der Waals surface area contributed by atoms with Crippen LogP contribution in [-0.2, 0) is 6.42 Å². The summed E-state index contributed by atoms with van der Waals surface area (Å²) in [5.41, 5.74) is 1.15. The van der Waals surface area contributed by atoms with Gasteiger partial charge in [-0.3, -0.25) is 0 Å². The molecule has 0 aliphatic rings. The quantitative estimate of drug-likeness (QED) is 0.742. The standard InChI is InChI=1S/C17H16FNS/c1-19-17(11-12-5-4-10-20-12)15-8-9-16(18)14-7-3-2-6-13(14)15/h2-10,17,19H,11H2,1H3. The molecule has 2 aromatic carbocycles. The Morgan fingerprint density at radius 2 is 1.85 bits per heavy atom. The van der Waals surface area contributed by atoms with Crippen LogP contribution in [-0.4, -0.2) is 7.05 Å². The summed E-state index contributed by atoms with van der Waals surface area (Å²) in [5.74, 6) is -0.157. The van der Waals surface area contributed by atoms with Crippen LogP contribution in [0.2, 0.25) is 0 Å². The van der Waals surface area contributed by atoms with Gasteiger partial charge in [0.05, 0.1) is 0 Å². The van der Waals surface area contributed by atoms with Gasteiger partial charge >= 0.3 is 0 Å². The first-order chi connectivity index (χ1) is 9.79. The van der Waals surface area contributed by atoms with Gasteiger partial charge in [-0.1, -0.05) is 36.4 Å². The number of likely N-dealkylation sites (N-methyl/N-ethyl adjacent to an activating group) is 1. The third-order valence-corrected chi connectivity index (χ3v) is 4.51. The van der Waals surface area contributed by atoms with Gasteiger partial charge in [0.2, 0.25) is 0 Å². The van der Waals surface area contributed by atoms with Crippen molar-refractivity contribution in [2.45, 2.75) is 12.5 Å². The average Bonchev–Trinajstić information content (AvgIpc) is 2.99. The molecule has 1 N–H and O–H groups in total. The smallest absolute Gasteiger partial charge is 0.131 e. The van der Waals surface area contributed by atoms with E-state index in [1.807, 2.05) is 37.4 Å². The fourth-order valence-electron chi connectivity index (χ4n) is 2.59. The zero-order chi connectivity index (χ0) is 13.9. The number of thiophene rings is 1. The summed E-state index contributed by atoms with van der Waals surface area (Å²) in [6.07, 6.45) is 0.920. The third-order valence-electron chi connectivity index (χ3n) is 3.61. The first-order valence-electron chi connectivity index (χ1n) is 6.66. The highest BCUT2D eigenvalue weighted by atomic mass is 32.1. The van der Waals surface area contributed by atoms with Gasteiger partial charge in [0, 0.05) is 22.7 Å². The van der Waals surface area contributed by atoms with Crippen molar-refractivity contribution in [3.8, 4) is 0 Å². The molecule has 0 fully saturated rings. The Bertz CT molecular complexity index is 706. The fourth-order valence-corrected chi connectivity index (χ4v) is 3.34. The Labute approximate surface area is 122 Å². The largest absolute Gasteiger partial charge is 0.313 e. The summed E-state index contributed by atoms with van der Waals surface area (Å²) in [6, 6.07) is 15.5. The summed E-state index contributed by atoms with van der Waals surface area (Å²) >= 11 is 1.76. The van der Waals surface area contributed by atoms with Gasteiger partial charge in [0.15, 0.2) is 0 Å². The number of hydrogen-bond donors (Lipinski definition) is 1. The van der Waals surface area contributed by atoms with E-state index in [0.29, 0.717) is 5.39 Å². The molecular weight excluding hydrogens is 269 g/mol. The monoisotopic (exact) mass is 285 g/mol. The zero-order valence-corrected chi connectivity index (χ0v) is 12.1. The van der Waals surface area contributed by atoms with Gasteiger partial charge < -0.3 is 5.32 Å². The lowest BCUT2D eigenvalue weighted by molar-refractivity contribution is 0.597. The van der Waals surface area contributed by atoms with E-state index < -0.39 is 0 Å². The highest BCUT2D eigenvalue weighted by Gasteiger charge is 2.15. The lowest BCUT2D eigenvalue weighted by atomic mass is 9.96. The number of benzene rings is 2. The number of rotatable bonds is 4. The van der Waals surface area contributed by atoms with Crippen LogP contribution >= 0.6 is 11.3 Å². The van der Waals surface area contributed by atoms with E-state index in [2.05, 4.69) is 22.8 Å². The summed E-state index contributed by atoms with van der Waals surface area (Å²) in [7, 11) is 1.95. The van der Waals surface area contributed by atoms with Crippen molar-refractivity contribution in [2.24, 2.45) is 0 Å². The van der Waals surface area contributed by atoms with E-state index in [0.717, 1.165) is 17.4 Å². The van der Waals surface area contributed by atoms with Crippen molar-refractivity contribution in [3.63, 3.8) is 0 Å². The van der Waals surface area contributed by atoms with Crippen molar-refractivity contribution >= 4 is 22.1 Å². The SMILES string of the molecule is CNC(Cc1cccs1)c1ccc(F)c2ccccc12. The first kappa shape index (κ1) is 13.3. The minimum atomic E-state index is -0.157. The van der Waals surface area contributed by atoms with Gasteiger partial charge in [-0.15, -0.1) is 11.3 Å². The van der Waals surface area contributed by atoms with E-state index in [1.165, 1.54) is 4.88 Å². The molecule has 3 heteroatoms. The van der Waals surface area contributed by atoms with E-state index >= 15 is 0 Å². The Morgan fingerprint density at radius 1 is 1.05 bits per heavy atom. The van der Waals surface area contributed by atoms with Gasteiger partial charge in [0.25, 0.3) is 0 Å². The summed E-state index contributed by atoms with van der Waals surface area (Å²) in [4.78, 5) is 1.33. The maximum Gasteiger partial charge on any atom is 0.131 e. The molecule has 1 heterocycles. The Hall–Kier alpha value is -1.71. The summed E-state index contributed by atoms with van der Waals surface area (Å²) in [6.45, 7) is 0. The van der Waals surface area contributed by atoms with Crippen LogP contribution in [0, 0.1) is 5.82 Å². The highest BCUT2D eigenvalue weighted by Crippen LogP contribution is 2.29. The van der Waals surface area contributed by atoms with Crippen molar-refractivity contribution < 1.29 is 4.39 Å². The second kappa shape index (κ2) is 5.73. The van der Waals surface area contributed by atoms with Crippen molar-refractivity contribution in [1.29, 1.82) is 0 Å². The van der Waals surface area contributed by atoms with E-state index in [9.17, 15) is 4.39 Å². The van der Waals surface area contributed by atoms with E-state index in [4.69, 9.17) is 0 Å². The van der Waals surface area contributed by atoms with Crippen molar-refractivity contribution in [1.82, 2.24) is 5.32 Å². The normalized spacial score (nSPS) is 12.7. The van der Waals surface area contributed by atoms with Gasteiger partial charge in [-0.25, -0.2) is 4.39 Å². The molecule has 0 radical (unpaired) electrons. The highest BCUT2D eigenvalue weighted by molar-refractivity contribution is 7.09. The lowest BCUT2D eigenvalue weighted by Crippen LogP contribution is -2.18. The average molecular weight is 285 g/mol. The molecule has 0 aliphatic carbocycles. The molecule has 0 saturated carbocycles. The molecule has 0 amide bonds. The van der Waals surface area contributed by atoms with Gasteiger partial charge in [-0.05, 0) is 35.5 Å². The molecule has 3 rings (SSSR count). The number of nitrogens with one attached hydrogen (secondary N) is 1. The summed E-state index contributed by atoms with van der Waals surface area (Å²) < 4.78 is 13.9. The van der Waals surface area contributed by atoms with Crippen LogP contribution in [0.3, 0.4) is 0 Å². The van der Waals surface area contributed by atoms with Crippen LogP contribution in [0.4, 0.5) is 4.39 Å². The Balaban J connectivity index is 2.05.